The van der Waals surface area contributed by atoms with Crippen molar-refractivity contribution >= 4 is 11.8 Å². The van der Waals surface area contributed by atoms with E-state index in [1.807, 2.05) is 0 Å². The summed E-state index contributed by atoms with van der Waals surface area (Å²) in [6.45, 7) is 6.46. The van der Waals surface area contributed by atoms with E-state index in [9.17, 15) is 9.59 Å². The van der Waals surface area contributed by atoms with Crippen LogP contribution in [0.15, 0.2) is 0 Å². The number of nitrogens with one attached hydrogen (secondary N) is 1. The Hall–Kier alpha value is -1.06. The molecule has 96 valence electrons. The van der Waals surface area contributed by atoms with E-state index < -0.39 is 0 Å². The van der Waals surface area contributed by atoms with Crippen molar-refractivity contribution in [2.24, 2.45) is 5.92 Å². The van der Waals surface area contributed by atoms with Gasteiger partial charge < -0.3 is 10.2 Å². The van der Waals surface area contributed by atoms with Gasteiger partial charge in [-0.3, -0.25) is 9.59 Å². The van der Waals surface area contributed by atoms with Crippen LogP contribution in [0.5, 0.6) is 0 Å². The Morgan fingerprint density at radius 2 is 1.88 bits per heavy atom. The maximum Gasteiger partial charge on any atom is 0.246 e. The van der Waals surface area contributed by atoms with Gasteiger partial charge >= 0.3 is 0 Å². The fraction of sp³-hybridized carbons (Fsp3) is 0.846. The summed E-state index contributed by atoms with van der Waals surface area (Å²) in [7, 11) is 0. The fourth-order valence-electron chi connectivity index (χ4n) is 2.51. The van der Waals surface area contributed by atoms with Crippen molar-refractivity contribution in [2.45, 2.75) is 58.0 Å². The van der Waals surface area contributed by atoms with E-state index >= 15 is 0 Å². The fourth-order valence-corrected chi connectivity index (χ4v) is 2.51. The smallest absolute Gasteiger partial charge is 0.246 e. The lowest BCUT2D eigenvalue weighted by Crippen LogP contribution is -2.64. The molecule has 2 fully saturated rings. The number of hydrogen-bond acceptors (Lipinski definition) is 2. The topological polar surface area (TPSA) is 49.4 Å². The van der Waals surface area contributed by atoms with Crippen LogP contribution >= 0.6 is 0 Å². The van der Waals surface area contributed by atoms with Crippen LogP contribution < -0.4 is 5.32 Å². The van der Waals surface area contributed by atoms with Crippen LogP contribution in [0, 0.1) is 5.92 Å². The zero-order valence-electron chi connectivity index (χ0n) is 11.0. The lowest BCUT2D eigenvalue weighted by Gasteiger charge is -2.44. The Labute approximate surface area is 103 Å². The first-order valence-corrected chi connectivity index (χ1v) is 6.62. The third-order valence-corrected chi connectivity index (χ3v) is 4.42. The molecule has 1 saturated heterocycles. The Morgan fingerprint density at radius 1 is 1.29 bits per heavy atom. The van der Waals surface area contributed by atoms with Gasteiger partial charge in [0, 0.05) is 5.54 Å². The minimum absolute atomic E-state index is 0.00498. The summed E-state index contributed by atoms with van der Waals surface area (Å²) in [5.74, 6) is 0.500. The lowest BCUT2D eigenvalue weighted by atomic mass is 9.90. The van der Waals surface area contributed by atoms with Crippen LogP contribution in [0.4, 0.5) is 0 Å². The first kappa shape index (κ1) is 12.4. The summed E-state index contributed by atoms with van der Waals surface area (Å²) in [6.07, 6.45) is 3.92. The molecule has 4 nitrogen and oxygen atoms in total. The van der Waals surface area contributed by atoms with Crippen LogP contribution in [0.1, 0.15) is 46.5 Å². The van der Waals surface area contributed by atoms with Crippen molar-refractivity contribution in [2.75, 3.05) is 6.54 Å². The summed E-state index contributed by atoms with van der Waals surface area (Å²) in [4.78, 5) is 26.0. The summed E-state index contributed by atoms with van der Waals surface area (Å²) in [6, 6.07) is -0.256. The van der Waals surface area contributed by atoms with Gasteiger partial charge in [-0.05, 0) is 38.5 Å². The third kappa shape index (κ3) is 2.17. The zero-order valence-corrected chi connectivity index (χ0v) is 11.0. The second kappa shape index (κ2) is 4.31. The Morgan fingerprint density at radius 3 is 2.35 bits per heavy atom. The molecule has 17 heavy (non-hydrogen) atoms. The number of rotatable bonds is 4. The molecule has 2 rings (SSSR count). The molecule has 4 heteroatoms. The number of amides is 2. The highest BCUT2D eigenvalue weighted by Crippen LogP contribution is 2.36. The summed E-state index contributed by atoms with van der Waals surface area (Å²) < 4.78 is 0. The number of nitrogens with zero attached hydrogens (tertiary/aromatic N) is 1. The molecule has 0 radical (unpaired) electrons. The van der Waals surface area contributed by atoms with Gasteiger partial charge in [0.05, 0.1) is 0 Å². The van der Waals surface area contributed by atoms with Crippen molar-refractivity contribution in [3.8, 4) is 0 Å². The van der Waals surface area contributed by atoms with Crippen LogP contribution in [-0.4, -0.2) is 34.8 Å². The molecule has 1 saturated carbocycles. The zero-order chi connectivity index (χ0) is 12.6. The van der Waals surface area contributed by atoms with E-state index in [1.54, 1.807) is 4.90 Å². The van der Waals surface area contributed by atoms with E-state index in [1.165, 1.54) is 0 Å². The highest BCUT2D eigenvalue weighted by Gasteiger charge is 2.46. The lowest BCUT2D eigenvalue weighted by molar-refractivity contribution is -0.151. The summed E-state index contributed by atoms with van der Waals surface area (Å²) in [5.41, 5.74) is -0.179. The first-order chi connectivity index (χ1) is 8.01. The number of carbonyl (C=O) groups excluding carboxylic acids is 2. The second-order valence-corrected chi connectivity index (χ2v) is 5.51. The predicted molar refractivity (Wildman–Crippen MR) is 65.4 cm³/mol. The quantitative estimate of drug-likeness (QED) is 0.802. The molecular weight excluding hydrogens is 216 g/mol. The molecule has 1 aliphatic carbocycles. The van der Waals surface area contributed by atoms with E-state index in [-0.39, 0.29) is 29.9 Å². The largest absolute Gasteiger partial charge is 0.342 e. The normalized spacial score (nSPS) is 26.1. The number of piperazine rings is 1. The van der Waals surface area contributed by atoms with Crippen LogP contribution in [0.25, 0.3) is 0 Å². The highest BCUT2D eigenvalue weighted by atomic mass is 16.2. The molecular formula is C13H22N2O2. The molecule has 0 bridgehead atoms. The van der Waals surface area contributed by atoms with Crippen molar-refractivity contribution in [1.82, 2.24) is 10.2 Å². The van der Waals surface area contributed by atoms with Crippen LogP contribution in [0.2, 0.25) is 0 Å². The maximum atomic E-state index is 12.4. The highest BCUT2D eigenvalue weighted by molar-refractivity contribution is 5.95. The van der Waals surface area contributed by atoms with Gasteiger partial charge in [-0.2, -0.15) is 0 Å². The Balaban J connectivity index is 2.20. The molecule has 1 atom stereocenters. The van der Waals surface area contributed by atoms with Crippen molar-refractivity contribution in [3.63, 3.8) is 0 Å². The number of carbonyl (C=O) groups is 2. The molecule has 1 N–H and O–H groups in total. The van der Waals surface area contributed by atoms with E-state index in [2.05, 4.69) is 26.1 Å². The minimum Gasteiger partial charge on any atom is -0.342 e. The standard InChI is InChI=1S/C13H22N2O2/c1-4-13(3,5-2)15-8-10(16)14-11(12(15)17)9-6-7-9/h9,11H,4-8H2,1-3H3,(H,14,16). The van der Waals surface area contributed by atoms with Gasteiger partial charge in [-0.25, -0.2) is 0 Å². The average Bonchev–Trinajstić information content (AvgIpc) is 3.14. The van der Waals surface area contributed by atoms with Crippen LogP contribution in [0.3, 0.4) is 0 Å². The van der Waals surface area contributed by atoms with E-state index in [0.717, 1.165) is 25.7 Å². The monoisotopic (exact) mass is 238 g/mol. The molecule has 2 amide bonds. The van der Waals surface area contributed by atoms with Gasteiger partial charge in [-0.1, -0.05) is 13.8 Å². The first-order valence-electron chi connectivity index (χ1n) is 6.62. The van der Waals surface area contributed by atoms with E-state index in [4.69, 9.17) is 0 Å². The van der Waals surface area contributed by atoms with Gasteiger partial charge in [-0.15, -0.1) is 0 Å². The molecule has 0 aromatic heterocycles. The molecule has 0 aromatic rings. The van der Waals surface area contributed by atoms with Crippen molar-refractivity contribution in [3.05, 3.63) is 0 Å². The van der Waals surface area contributed by atoms with Gasteiger partial charge in [0.15, 0.2) is 0 Å². The SMILES string of the molecule is CCC(C)(CC)N1CC(=O)NC(C2CC2)C1=O. The van der Waals surface area contributed by atoms with E-state index in [0.29, 0.717) is 5.92 Å². The van der Waals surface area contributed by atoms with Crippen LogP contribution in [-0.2, 0) is 9.59 Å². The predicted octanol–water partition coefficient (Wildman–Crippen LogP) is 1.30. The minimum atomic E-state index is -0.256. The summed E-state index contributed by atoms with van der Waals surface area (Å²) in [5, 5.41) is 2.85. The molecule has 0 aromatic carbocycles. The molecule has 1 aliphatic heterocycles. The van der Waals surface area contributed by atoms with Gasteiger partial charge in [0.25, 0.3) is 0 Å². The average molecular weight is 238 g/mol. The number of hydrogen-bond donors (Lipinski definition) is 1. The van der Waals surface area contributed by atoms with Gasteiger partial charge in [0.1, 0.15) is 12.6 Å². The Bertz CT molecular complexity index is 332. The molecule has 2 aliphatic rings. The summed E-state index contributed by atoms with van der Waals surface area (Å²) >= 11 is 0. The van der Waals surface area contributed by atoms with Gasteiger partial charge in [0.2, 0.25) is 11.8 Å². The molecule has 0 spiro atoms. The third-order valence-electron chi connectivity index (χ3n) is 4.42. The van der Waals surface area contributed by atoms with Crippen molar-refractivity contribution in [1.29, 1.82) is 0 Å². The second-order valence-electron chi connectivity index (χ2n) is 5.51. The maximum absolute atomic E-state index is 12.4. The molecule has 1 unspecified atom stereocenters. The van der Waals surface area contributed by atoms with Crippen molar-refractivity contribution < 1.29 is 9.59 Å². The Kier molecular flexibility index (Phi) is 3.15. The molecule has 1 heterocycles.